The lowest BCUT2D eigenvalue weighted by Gasteiger charge is -2.53. The number of hydrogen-bond acceptors (Lipinski definition) is 8. The standard InChI is InChI=1S/C26H27FN6O3/c1-35-21-3-2-19-22(32-21)17(18(27)14-30-19)4-5-26-8-6-25(7-9-26,15-36-26)31-13-16-12-20-23(33-24(16)34)29-11-10-28-20/h2-3,10-12,14,31H,4-9,13,15H2,1H3,(H,29,33,34). The van der Waals surface area contributed by atoms with Gasteiger partial charge in [-0.25, -0.2) is 14.4 Å². The van der Waals surface area contributed by atoms with E-state index in [-0.39, 0.29) is 22.5 Å². The molecule has 7 rings (SSSR count). The number of nitrogens with one attached hydrogen (secondary N) is 2. The fourth-order valence-corrected chi connectivity index (χ4v) is 5.48. The van der Waals surface area contributed by atoms with E-state index in [0.717, 1.165) is 25.7 Å². The van der Waals surface area contributed by atoms with E-state index in [9.17, 15) is 9.18 Å². The number of aryl methyl sites for hydroxylation is 1. The molecule has 0 spiro atoms. The minimum Gasteiger partial charge on any atom is -0.481 e. The van der Waals surface area contributed by atoms with Crippen molar-refractivity contribution in [3.05, 3.63) is 64.1 Å². The predicted octanol–water partition coefficient (Wildman–Crippen LogP) is 3.21. The monoisotopic (exact) mass is 490 g/mol. The summed E-state index contributed by atoms with van der Waals surface area (Å²) < 4.78 is 26.4. The highest BCUT2D eigenvalue weighted by Gasteiger charge is 2.49. The molecular formula is C26H27FN6O3. The number of halogens is 1. The molecule has 4 aromatic heterocycles. The molecule has 0 atom stereocenters. The summed E-state index contributed by atoms with van der Waals surface area (Å²) in [4.78, 5) is 32.4. The molecule has 2 bridgehead atoms. The zero-order valence-corrected chi connectivity index (χ0v) is 20.0. The van der Waals surface area contributed by atoms with Crippen LogP contribution >= 0.6 is 0 Å². The van der Waals surface area contributed by atoms with Crippen LogP contribution in [0, 0.1) is 5.82 Å². The molecule has 1 saturated carbocycles. The maximum absolute atomic E-state index is 14.8. The van der Waals surface area contributed by atoms with Crippen LogP contribution in [0.15, 0.2) is 41.6 Å². The topological polar surface area (TPSA) is 115 Å². The molecule has 36 heavy (non-hydrogen) atoms. The Morgan fingerprint density at radius 1 is 1.14 bits per heavy atom. The molecule has 0 radical (unpaired) electrons. The molecule has 10 heteroatoms. The van der Waals surface area contributed by atoms with Gasteiger partial charge in [0.1, 0.15) is 11.3 Å². The van der Waals surface area contributed by atoms with E-state index < -0.39 is 0 Å². The van der Waals surface area contributed by atoms with Gasteiger partial charge in [-0.05, 0) is 50.7 Å². The maximum atomic E-state index is 14.8. The Kier molecular flexibility index (Phi) is 5.65. The van der Waals surface area contributed by atoms with Gasteiger partial charge in [-0.3, -0.25) is 14.8 Å². The number of methoxy groups -OCH3 is 1. The van der Waals surface area contributed by atoms with E-state index in [1.54, 1.807) is 37.7 Å². The van der Waals surface area contributed by atoms with Crippen LogP contribution in [-0.2, 0) is 17.7 Å². The number of pyridine rings is 3. The first-order chi connectivity index (χ1) is 17.5. The van der Waals surface area contributed by atoms with Crippen molar-refractivity contribution >= 4 is 22.2 Å². The van der Waals surface area contributed by atoms with E-state index in [2.05, 4.69) is 30.2 Å². The van der Waals surface area contributed by atoms with Crippen LogP contribution in [0.3, 0.4) is 0 Å². The van der Waals surface area contributed by atoms with Crippen LogP contribution in [0.25, 0.3) is 22.2 Å². The van der Waals surface area contributed by atoms with E-state index >= 15 is 0 Å². The van der Waals surface area contributed by atoms with Crippen molar-refractivity contribution in [2.24, 2.45) is 0 Å². The van der Waals surface area contributed by atoms with Gasteiger partial charge in [-0.2, -0.15) is 0 Å². The van der Waals surface area contributed by atoms with Gasteiger partial charge in [-0.1, -0.05) is 0 Å². The molecule has 9 nitrogen and oxygen atoms in total. The Hall–Kier alpha value is -3.50. The average Bonchev–Trinajstić information content (AvgIpc) is 2.92. The first-order valence-corrected chi connectivity index (χ1v) is 12.2. The predicted molar refractivity (Wildman–Crippen MR) is 131 cm³/mol. The Bertz CT molecular complexity index is 1480. The number of aromatic nitrogens is 5. The van der Waals surface area contributed by atoms with E-state index in [0.29, 0.717) is 65.2 Å². The summed E-state index contributed by atoms with van der Waals surface area (Å²) in [6, 6.07) is 5.32. The normalized spacial score (nSPS) is 23.4. The number of rotatable bonds is 7. The lowest BCUT2D eigenvalue weighted by Crippen LogP contribution is -2.61. The van der Waals surface area contributed by atoms with Gasteiger partial charge in [0.05, 0.1) is 36.5 Å². The highest BCUT2D eigenvalue weighted by molar-refractivity contribution is 5.78. The second-order valence-corrected chi connectivity index (χ2v) is 9.83. The third-order valence-electron chi connectivity index (χ3n) is 7.77. The van der Waals surface area contributed by atoms with Gasteiger partial charge in [0.25, 0.3) is 5.56 Å². The van der Waals surface area contributed by atoms with Gasteiger partial charge in [0.15, 0.2) is 5.65 Å². The molecule has 2 aliphatic heterocycles. The lowest BCUT2D eigenvalue weighted by atomic mass is 9.69. The van der Waals surface area contributed by atoms with Gasteiger partial charge in [0.2, 0.25) is 5.88 Å². The van der Waals surface area contributed by atoms with Crippen molar-refractivity contribution < 1.29 is 13.9 Å². The third kappa shape index (κ3) is 4.10. The van der Waals surface area contributed by atoms with Crippen molar-refractivity contribution in [3.63, 3.8) is 0 Å². The quantitative estimate of drug-likeness (QED) is 0.406. The zero-order chi connectivity index (χ0) is 24.8. The highest BCUT2D eigenvalue weighted by Crippen LogP contribution is 2.46. The fraction of sp³-hybridized carbons (Fsp3) is 0.423. The molecule has 186 valence electrons. The minimum absolute atomic E-state index is 0.161. The third-order valence-corrected chi connectivity index (χ3v) is 7.77. The van der Waals surface area contributed by atoms with Crippen LogP contribution < -0.4 is 15.6 Å². The number of fused-ring (bicyclic) bond motifs is 5. The Morgan fingerprint density at radius 3 is 2.75 bits per heavy atom. The fourth-order valence-electron chi connectivity index (χ4n) is 5.48. The molecule has 0 amide bonds. The van der Waals surface area contributed by atoms with Crippen LogP contribution in [0.5, 0.6) is 5.88 Å². The number of aromatic amines is 1. The van der Waals surface area contributed by atoms with Gasteiger partial charge in [0, 0.05) is 41.7 Å². The van der Waals surface area contributed by atoms with Gasteiger partial charge in [-0.15, -0.1) is 0 Å². The summed E-state index contributed by atoms with van der Waals surface area (Å²) in [6.45, 7) is 0.990. The van der Waals surface area contributed by atoms with E-state index in [4.69, 9.17) is 9.47 Å². The second-order valence-electron chi connectivity index (χ2n) is 9.83. The van der Waals surface area contributed by atoms with Crippen molar-refractivity contribution in [3.8, 4) is 5.88 Å². The largest absolute Gasteiger partial charge is 0.481 e. The first kappa shape index (κ1) is 22.9. The average molecular weight is 491 g/mol. The molecule has 6 heterocycles. The summed E-state index contributed by atoms with van der Waals surface area (Å²) in [6.07, 6.45) is 9.28. The number of hydrogen-bond donors (Lipinski definition) is 2. The number of ether oxygens (including phenoxy) is 2. The summed E-state index contributed by atoms with van der Waals surface area (Å²) in [5.41, 5.74) is 2.91. The summed E-state index contributed by atoms with van der Waals surface area (Å²) >= 11 is 0. The van der Waals surface area contributed by atoms with Crippen molar-refractivity contribution in [1.29, 1.82) is 0 Å². The molecule has 3 aliphatic rings. The summed E-state index contributed by atoms with van der Waals surface area (Å²) in [7, 11) is 1.54. The lowest BCUT2D eigenvalue weighted by molar-refractivity contribution is -0.165. The second kappa shape index (κ2) is 8.86. The van der Waals surface area contributed by atoms with E-state index in [1.807, 2.05) is 0 Å². The molecule has 2 N–H and O–H groups in total. The molecule has 3 fully saturated rings. The summed E-state index contributed by atoms with van der Waals surface area (Å²) in [5.74, 6) is 0.0848. The minimum atomic E-state index is -0.354. The summed E-state index contributed by atoms with van der Waals surface area (Å²) in [5, 5.41) is 3.60. The maximum Gasteiger partial charge on any atom is 0.254 e. The van der Waals surface area contributed by atoms with Crippen molar-refractivity contribution in [1.82, 2.24) is 30.2 Å². The van der Waals surface area contributed by atoms with Gasteiger partial charge >= 0.3 is 0 Å². The molecular weight excluding hydrogens is 463 g/mol. The Morgan fingerprint density at radius 2 is 1.97 bits per heavy atom. The number of H-pyrrole nitrogens is 1. The smallest absolute Gasteiger partial charge is 0.254 e. The van der Waals surface area contributed by atoms with Crippen molar-refractivity contribution in [2.75, 3.05) is 13.7 Å². The molecule has 0 unspecified atom stereocenters. The van der Waals surface area contributed by atoms with Crippen molar-refractivity contribution in [2.45, 2.75) is 56.2 Å². The van der Waals surface area contributed by atoms with Gasteiger partial charge < -0.3 is 19.8 Å². The molecule has 0 aromatic carbocycles. The highest BCUT2D eigenvalue weighted by atomic mass is 19.1. The Labute approximate surface area is 206 Å². The first-order valence-electron chi connectivity index (χ1n) is 12.2. The molecule has 2 saturated heterocycles. The van der Waals surface area contributed by atoms with Crippen LogP contribution in [-0.4, -0.2) is 49.8 Å². The Balaban J connectivity index is 1.13. The van der Waals surface area contributed by atoms with Crippen LogP contribution in [0.2, 0.25) is 0 Å². The van der Waals surface area contributed by atoms with Crippen LogP contribution in [0.1, 0.15) is 43.2 Å². The molecule has 4 aromatic rings. The van der Waals surface area contributed by atoms with Crippen LogP contribution in [0.4, 0.5) is 4.39 Å². The SMILES string of the molecule is COc1ccc2ncc(F)c(CCC34CCC(NCc5cc6nccnc6[nH]c5=O)(CC3)CO4)c2n1. The molecule has 1 aliphatic carbocycles. The zero-order valence-electron chi connectivity index (χ0n) is 20.0. The van der Waals surface area contributed by atoms with E-state index in [1.165, 1.54) is 6.20 Å². The number of nitrogens with zero attached hydrogens (tertiary/aromatic N) is 4.